The monoisotopic (exact) mass is 387 g/mol. The molecule has 1 heterocycles. The molecule has 0 saturated heterocycles. The van der Waals surface area contributed by atoms with Crippen LogP contribution in [0.2, 0.25) is 0 Å². The number of thiophene rings is 1. The Morgan fingerprint density at radius 2 is 1.85 bits per heavy atom. The van der Waals surface area contributed by atoms with Crippen LogP contribution in [0.25, 0.3) is 10.1 Å². The van der Waals surface area contributed by atoms with Crippen molar-refractivity contribution in [3.05, 3.63) is 64.0 Å². The second-order valence-electron chi connectivity index (χ2n) is 5.35. The van der Waals surface area contributed by atoms with Crippen molar-refractivity contribution < 1.29 is 31.5 Å². The Labute approximate surface area is 147 Å². The smallest absolute Gasteiger partial charge is 0.416 e. The van der Waals surface area contributed by atoms with Crippen LogP contribution in [0.15, 0.2) is 36.4 Å². The van der Waals surface area contributed by atoms with Crippen molar-refractivity contribution in [2.45, 2.75) is 12.8 Å². The molecular formula is C17H10F5NO2S. The number of benzene rings is 2. The molecule has 26 heavy (non-hydrogen) atoms. The summed E-state index contributed by atoms with van der Waals surface area (Å²) >= 11 is 1.17. The highest BCUT2D eigenvalue weighted by Gasteiger charge is 2.30. The average Bonchev–Trinajstić information content (AvgIpc) is 2.95. The van der Waals surface area contributed by atoms with E-state index in [1.54, 1.807) is 0 Å². The third-order valence-electron chi connectivity index (χ3n) is 3.57. The molecule has 0 bridgehead atoms. The van der Waals surface area contributed by atoms with Crippen LogP contribution < -0.4 is 10.5 Å². The van der Waals surface area contributed by atoms with Crippen molar-refractivity contribution in [3.63, 3.8) is 0 Å². The second kappa shape index (κ2) is 6.56. The number of hydrogen-bond acceptors (Lipinski definition) is 3. The van der Waals surface area contributed by atoms with Gasteiger partial charge in [0, 0.05) is 9.58 Å². The van der Waals surface area contributed by atoms with Gasteiger partial charge in [-0.15, -0.1) is 11.3 Å². The van der Waals surface area contributed by atoms with Crippen molar-refractivity contribution in [1.82, 2.24) is 0 Å². The van der Waals surface area contributed by atoms with E-state index in [0.29, 0.717) is 15.0 Å². The SMILES string of the molecule is NC(=O)c1c(F)ccc(OCc2cc3cc(C(F)(F)F)ccc3s2)c1F. The highest BCUT2D eigenvalue weighted by molar-refractivity contribution is 7.19. The van der Waals surface area contributed by atoms with Gasteiger partial charge in [0.2, 0.25) is 0 Å². The van der Waals surface area contributed by atoms with E-state index < -0.39 is 34.8 Å². The quantitative estimate of drug-likeness (QED) is 0.649. The zero-order valence-electron chi connectivity index (χ0n) is 12.9. The Balaban J connectivity index is 1.84. The van der Waals surface area contributed by atoms with Crippen LogP contribution in [0.3, 0.4) is 0 Å². The van der Waals surface area contributed by atoms with E-state index in [1.165, 1.54) is 23.5 Å². The number of fused-ring (bicyclic) bond motifs is 1. The minimum absolute atomic E-state index is 0.165. The van der Waals surface area contributed by atoms with E-state index in [1.807, 2.05) is 0 Å². The Kier molecular flexibility index (Phi) is 4.57. The maximum absolute atomic E-state index is 14.1. The molecule has 0 saturated carbocycles. The number of hydrogen-bond donors (Lipinski definition) is 1. The van der Waals surface area contributed by atoms with Crippen LogP contribution in [0.4, 0.5) is 22.0 Å². The number of primary amides is 1. The van der Waals surface area contributed by atoms with Crippen LogP contribution in [-0.4, -0.2) is 5.91 Å². The van der Waals surface area contributed by atoms with Crippen molar-refractivity contribution in [1.29, 1.82) is 0 Å². The van der Waals surface area contributed by atoms with Gasteiger partial charge in [-0.2, -0.15) is 13.2 Å². The number of carbonyl (C=O) groups excluding carboxylic acids is 1. The van der Waals surface area contributed by atoms with Crippen molar-refractivity contribution in [2.75, 3.05) is 0 Å². The van der Waals surface area contributed by atoms with Crippen molar-refractivity contribution >= 4 is 27.3 Å². The molecule has 136 valence electrons. The van der Waals surface area contributed by atoms with Crippen LogP contribution in [-0.2, 0) is 12.8 Å². The van der Waals surface area contributed by atoms with Gasteiger partial charge in [-0.05, 0) is 41.8 Å². The number of rotatable bonds is 4. The standard InChI is InChI=1S/C17H10F5NO2S/c18-11-2-3-12(15(19)14(11)16(23)24)25-7-10-6-8-5-9(17(20,21)22)1-4-13(8)26-10/h1-6H,7H2,(H2,23,24). The van der Waals surface area contributed by atoms with E-state index in [9.17, 15) is 26.7 Å². The molecule has 0 fully saturated rings. The third kappa shape index (κ3) is 3.48. The first-order chi connectivity index (χ1) is 12.2. The second-order valence-corrected chi connectivity index (χ2v) is 6.52. The van der Waals surface area contributed by atoms with Crippen LogP contribution in [0, 0.1) is 11.6 Å². The van der Waals surface area contributed by atoms with Crippen LogP contribution in [0.1, 0.15) is 20.8 Å². The largest absolute Gasteiger partial charge is 0.485 e. The van der Waals surface area contributed by atoms with Gasteiger partial charge in [0.15, 0.2) is 11.6 Å². The molecule has 0 atom stereocenters. The van der Waals surface area contributed by atoms with Crippen molar-refractivity contribution in [3.8, 4) is 5.75 Å². The maximum Gasteiger partial charge on any atom is 0.416 e. The van der Waals surface area contributed by atoms with Gasteiger partial charge in [-0.3, -0.25) is 4.79 Å². The summed E-state index contributed by atoms with van der Waals surface area (Å²) in [4.78, 5) is 11.6. The lowest BCUT2D eigenvalue weighted by atomic mass is 10.1. The summed E-state index contributed by atoms with van der Waals surface area (Å²) in [5, 5.41) is 0.376. The van der Waals surface area contributed by atoms with Gasteiger partial charge in [0.1, 0.15) is 18.0 Å². The van der Waals surface area contributed by atoms with Gasteiger partial charge in [-0.1, -0.05) is 0 Å². The number of ether oxygens (including phenoxy) is 1. The minimum Gasteiger partial charge on any atom is -0.485 e. The Bertz CT molecular complexity index is 997. The molecule has 0 spiro atoms. The average molecular weight is 387 g/mol. The van der Waals surface area contributed by atoms with E-state index in [2.05, 4.69) is 0 Å². The number of alkyl halides is 3. The Morgan fingerprint density at radius 3 is 2.50 bits per heavy atom. The summed E-state index contributed by atoms with van der Waals surface area (Å²) in [5.41, 5.74) is 3.25. The summed E-state index contributed by atoms with van der Waals surface area (Å²) < 4.78 is 71.6. The fourth-order valence-corrected chi connectivity index (χ4v) is 3.32. The Hall–Kier alpha value is -2.68. The summed E-state index contributed by atoms with van der Waals surface area (Å²) in [6.45, 7) is -0.165. The molecule has 0 aliphatic heterocycles. The third-order valence-corrected chi connectivity index (χ3v) is 4.66. The highest BCUT2D eigenvalue weighted by atomic mass is 32.1. The predicted octanol–water partition coefficient (Wildman–Crippen LogP) is 4.88. The first-order valence-corrected chi connectivity index (χ1v) is 7.98. The molecule has 2 N–H and O–H groups in total. The number of halogens is 5. The summed E-state index contributed by atoms with van der Waals surface area (Å²) in [6, 6.07) is 6.67. The molecule has 3 nitrogen and oxygen atoms in total. The molecule has 3 aromatic rings. The topological polar surface area (TPSA) is 52.3 Å². The van der Waals surface area contributed by atoms with E-state index in [4.69, 9.17) is 10.5 Å². The van der Waals surface area contributed by atoms with E-state index in [-0.39, 0.29) is 12.4 Å². The number of carbonyl (C=O) groups is 1. The molecule has 0 unspecified atom stereocenters. The zero-order valence-corrected chi connectivity index (χ0v) is 13.7. The molecular weight excluding hydrogens is 377 g/mol. The van der Waals surface area contributed by atoms with E-state index in [0.717, 1.165) is 24.3 Å². The first kappa shape index (κ1) is 18.1. The molecule has 3 rings (SSSR count). The molecule has 1 amide bonds. The minimum atomic E-state index is -4.45. The lowest BCUT2D eigenvalue weighted by molar-refractivity contribution is -0.137. The first-order valence-electron chi connectivity index (χ1n) is 7.17. The lowest BCUT2D eigenvalue weighted by Gasteiger charge is -2.08. The maximum atomic E-state index is 14.1. The van der Waals surface area contributed by atoms with Gasteiger partial charge < -0.3 is 10.5 Å². The van der Waals surface area contributed by atoms with E-state index >= 15 is 0 Å². The summed E-state index contributed by atoms with van der Waals surface area (Å²) in [6.07, 6.45) is -4.45. The van der Waals surface area contributed by atoms with Gasteiger partial charge in [0.05, 0.1) is 5.56 Å². The van der Waals surface area contributed by atoms with Crippen LogP contribution in [0.5, 0.6) is 5.75 Å². The van der Waals surface area contributed by atoms with Gasteiger partial charge in [0.25, 0.3) is 5.91 Å². The van der Waals surface area contributed by atoms with Gasteiger partial charge in [-0.25, -0.2) is 8.78 Å². The fourth-order valence-electron chi connectivity index (χ4n) is 2.37. The summed E-state index contributed by atoms with van der Waals surface area (Å²) in [5.74, 6) is -3.98. The fraction of sp³-hybridized carbons (Fsp3) is 0.118. The molecule has 2 aromatic carbocycles. The zero-order chi connectivity index (χ0) is 19.1. The highest BCUT2D eigenvalue weighted by Crippen LogP contribution is 2.34. The number of nitrogens with two attached hydrogens (primary N) is 1. The molecule has 0 aliphatic rings. The Morgan fingerprint density at radius 1 is 1.12 bits per heavy atom. The summed E-state index contributed by atoms with van der Waals surface area (Å²) in [7, 11) is 0. The molecule has 1 aromatic heterocycles. The lowest BCUT2D eigenvalue weighted by Crippen LogP contribution is -2.16. The van der Waals surface area contributed by atoms with Crippen molar-refractivity contribution in [2.24, 2.45) is 5.73 Å². The van der Waals surface area contributed by atoms with Gasteiger partial charge >= 0.3 is 6.18 Å². The van der Waals surface area contributed by atoms with Crippen LogP contribution >= 0.6 is 11.3 Å². The predicted molar refractivity (Wildman–Crippen MR) is 86.0 cm³/mol. The molecule has 9 heteroatoms. The number of amides is 1. The molecule has 0 radical (unpaired) electrons. The molecule has 0 aliphatic carbocycles. The normalized spacial score (nSPS) is 11.7.